The maximum atomic E-state index is 12.5. The van der Waals surface area contributed by atoms with Crippen molar-refractivity contribution in [1.29, 1.82) is 0 Å². The Morgan fingerprint density at radius 1 is 1.31 bits per heavy atom. The molecule has 0 unspecified atom stereocenters. The second kappa shape index (κ2) is 5.28. The lowest BCUT2D eigenvalue weighted by molar-refractivity contribution is -0.138. The molecule has 0 atom stereocenters. The van der Waals surface area contributed by atoms with E-state index in [-0.39, 0.29) is 12.0 Å². The lowest BCUT2D eigenvalue weighted by atomic mass is 10.0. The summed E-state index contributed by atoms with van der Waals surface area (Å²) in [4.78, 5) is 12.8. The lowest BCUT2D eigenvalue weighted by Crippen LogP contribution is -2.08. The van der Waals surface area contributed by atoms with E-state index in [4.69, 9.17) is 0 Å². The van der Waals surface area contributed by atoms with E-state index >= 15 is 0 Å². The highest BCUT2D eigenvalue weighted by Gasteiger charge is 2.32. The summed E-state index contributed by atoms with van der Waals surface area (Å²) in [6, 6.07) is 5.27. The standard InChI is InChI=1S/C11H8F3NO/c12-11(13,14)10-6-2-1-4-9(10)5-3-7-15-8-16/h1-4,6-7H,5H2/b7-3-. The van der Waals surface area contributed by atoms with Gasteiger partial charge in [0.05, 0.1) is 5.56 Å². The van der Waals surface area contributed by atoms with Gasteiger partial charge in [-0.15, -0.1) is 0 Å². The summed E-state index contributed by atoms with van der Waals surface area (Å²) in [6.07, 6.45) is -0.532. The molecule has 0 fully saturated rings. The first-order chi connectivity index (χ1) is 7.55. The minimum atomic E-state index is -4.36. The number of hydrogen-bond acceptors (Lipinski definition) is 2. The van der Waals surface area contributed by atoms with Crippen LogP contribution in [0.3, 0.4) is 0 Å². The fourth-order valence-electron chi connectivity index (χ4n) is 1.24. The number of halogens is 3. The number of isocyanates is 1. The number of nitrogens with zero attached hydrogens (tertiary/aromatic N) is 1. The van der Waals surface area contributed by atoms with E-state index < -0.39 is 11.7 Å². The second-order valence-corrected chi connectivity index (χ2v) is 2.96. The Bertz CT molecular complexity index is 431. The molecule has 0 bridgehead atoms. The van der Waals surface area contributed by atoms with Crippen molar-refractivity contribution in [3.05, 3.63) is 47.7 Å². The van der Waals surface area contributed by atoms with E-state index in [0.717, 1.165) is 12.3 Å². The number of allylic oxidation sites excluding steroid dienone is 1. The van der Waals surface area contributed by atoms with Gasteiger partial charge < -0.3 is 0 Å². The first-order valence-electron chi connectivity index (χ1n) is 4.43. The maximum absolute atomic E-state index is 12.5. The van der Waals surface area contributed by atoms with Gasteiger partial charge >= 0.3 is 6.18 Å². The predicted molar refractivity (Wildman–Crippen MR) is 52.4 cm³/mol. The van der Waals surface area contributed by atoms with Gasteiger partial charge in [-0.3, -0.25) is 0 Å². The van der Waals surface area contributed by atoms with Crippen LogP contribution in [0.2, 0.25) is 0 Å². The molecule has 16 heavy (non-hydrogen) atoms. The van der Waals surface area contributed by atoms with Gasteiger partial charge in [-0.1, -0.05) is 24.3 Å². The monoisotopic (exact) mass is 227 g/mol. The predicted octanol–water partition coefficient (Wildman–Crippen LogP) is 3.10. The van der Waals surface area contributed by atoms with Crippen LogP contribution in [0, 0.1) is 0 Å². The number of rotatable bonds is 3. The van der Waals surface area contributed by atoms with Crippen molar-refractivity contribution in [2.24, 2.45) is 4.99 Å². The maximum Gasteiger partial charge on any atom is 0.416 e. The normalized spacial score (nSPS) is 11.4. The van der Waals surface area contributed by atoms with Crippen LogP contribution in [0.15, 0.2) is 41.5 Å². The molecule has 0 spiro atoms. The summed E-state index contributed by atoms with van der Waals surface area (Å²) in [5.74, 6) is 0. The van der Waals surface area contributed by atoms with E-state index in [1.54, 1.807) is 0 Å². The van der Waals surface area contributed by atoms with Crippen LogP contribution in [0.4, 0.5) is 13.2 Å². The zero-order valence-electron chi connectivity index (χ0n) is 8.16. The Morgan fingerprint density at radius 3 is 2.62 bits per heavy atom. The van der Waals surface area contributed by atoms with E-state index in [1.165, 1.54) is 30.4 Å². The highest BCUT2D eigenvalue weighted by molar-refractivity contribution is 5.35. The topological polar surface area (TPSA) is 29.4 Å². The molecule has 0 aliphatic carbocycles. The van der Waals surface area contributed by atoms with Gasteiger partial charge in [0, 0.05) is 6.20 Å². The van der Waals surface area contributed by atoms with Crippen LogP contribution in [0.25, 0.3) is 0 Å². The molecule has 0 N–H and O–H groups in total. The van der Waals surface area contributed by atoms with Crippen molar-refractivity contribution in [3.63, 3.8) is 0 Å². The quantitative estimate of drug-likeness (QED) is 0.576. The van der Waals surface area contributed by atoms with Gasteiger partial charge in [0.1, 0.15) is 0 Å². The van der Waals surface area contributed by atoms with Gasteiger partial charge in [-0.25, -0.2) is 4.79 Å². The molecule has 0 aromatic heterocycles. The lowest BCUT2D eigenvalue weighted by Gasteiger charge is -2.10. The van der Waals surface area contributed by atoms with Crippen molar-refractivity contribution >= 4 is 6.08 Å². The molecule has 0 saturated carbocycles. The summed E-state index contributed by atoms with van der Waals surface area (Å²) in [6.45, 7) is 0. The molecular weight excluding hydrogens is 219 g/mol. The Hall–Kier alpha value is -1.87. The molecule has 0 saturated heterocycles. The minimum Gasteiger partial charge on any atom is -0.211 e. The number of benzene rings is 1. The Labute approximate surface area is 90.1 Å². The number of carbonyl (C=O) groups excluding carboxylic acids is 1. The smallest absolute Gasteiger partial charge is 0.211 e. The molecule has 0 radical (unpaired) electrons. The van der Waals surface area contributed by atoms with Crippen molar-refractivity contribution in [3.8, 4) is 0 Å². The molecule has 0 amide bonds. The van der Waals surface area contributed by atoms with Gasteiger partial charge in [-0.05, 0) is 18.1 Å². The summed E-state index contributed by atoms with van der Waals surface area (Å²) >= 11 is 0. The van der Waals surface area contributed by atoms with Gasteiger partial charge in [0.25, 0.3) is 0 Å². The van der Waals surface area contributed by atoms with Crippen LogP contribution in [-0.4, -0.2) is 6.08 Å². The van der Waals surface area contributed by atoms with Crippen molar-refractivity contribution < 1.29 is 18.0 Å². The van der Waals surface area contributed by atoms with Crippen molar-refractivity contribution in [2.75, 3.05) is 0 Å². The molecule has 1 aromatic rings. The zero-order valence-corrected chi connectivity index (χ0v) is 8.16. The van der Waals surface area contributed by atoms with Gasteiger partial charge in [0.2, 0.25) is 6.08 Å². The largest absolute Gasteiger partial charge is 0.416 e. The fourth-order valence-corrected chi connectivity index (χ4v) is 1.24. The minimum absolute atomic E-state index is 0.0703. The molecule has 84 valence electrons. The average Bonchev–Trinajstić information content (AvgIpc) is 2.24. The Morgan fingerprint density at radius 2 is 2.00 bits per heavy atom. The van der Waals surface area contributed by atoms with Crippen molar-refractivity contribution in [2.45, 2.75) is 12.6 Å². The van der Waals surface area contributed by atoms with Crippen LogP contribution in [0.5, 0.6) is 0 Å². The number of aliphatic imine (C=N–C) groups is 1. The Balaban J connectivity index is 2.92. The van der Waals surface area contributed by atoms with E-state index in [0.29, 0.717) is 0 Å². The SMILES string of the molecule is O=C=N/C=C\Cc1ccccc1C(F)(F)F. The molecule has 0 heterocycles. The summed E-state index contributed by atoms with van der Waals surface area (Å²) in [5.41, 5.74) is -0.526. The highest BCUT2D eigenvalue weighted by atomic mass is 19.4. The van der Waals surface area contributed by atoms with Crippen molar-refractivity contribution in [1.82, 2.24) is 0 Å². The number of alkyl halides is 3. The third-order valence-corrected chi connectivity index (χ3v) is 1.89. The third-order valence-electron chi connectivity index (χ3n) is 1.89. The molecule has 1 aromatic carbocycles. The Kier molecular flexibility index (Phi) is 4.03. The van der Waals surface area contributed by atoms with Gasteiger partial charge in [-0.2, -0.15) is 18.2 Å². The highest BCUT2D eigenvalue weighted by Crippen LogP contribution is 2.32. The first-order valence-corrected chi connectivity index (χ1v) is 4.43. The summed E-state index contributed by atoms with van der Waals surface area (Å²) in [7, 11) is 0. The summed E-state index contributed by atoms with van der Waals surface area (Å²) < 4.78 is 37.5. The molecule has 2 nitrogen and oxygen atoms in total. The fraction of sp³-hybridized carbons (Fsp3) is 0.182. The molecule has 0 aliphatic rings. The van der Waals surface area contributed by atoms with Crippen LogP contribution in [-0.2, 0) is 17.4 Å². The molecule has 0 aliphatic heterocycles. The molecular formula is C11H8F3NO. The van der Waals surface area contributed by atoms with Crippen LogP contribution >= 0.6 is 0 Å². The van der Waals surface area contributed by atoms with Crippen LogP contribution in [0.1, 0.15) is 11.1 Å². The van der Waals surface area contributed by atoms with E-state index in [2.05, 4.69) is 4.99 Å². The van der Waals surface area contributed by atoms with Crippen LogP contribution < -0.4 is 0 Å². The molecule has 1 rings (SSSR count). The second-order valence-electron chi connectivity index (χ2n) is 2.96. The molecule has 5 heteroatoms. The third kappa shape index (κ3) is 3.37. The number of hydrogen-bond donors (Lipinski definition) is 0. The zero-order chi connectivity index (χ0) is 12.0. The van der Waals surface area contributed by atoms with E-state index in [9.17, 15) is 18.0 Å². The average molecular weight is 227 g/mol. The van der Waals surface area contributed by atoms with E-state index in [1.807, 2.05) is 0 Å². The summed E-state index contributed by atoms with van der Waals surface area (Å²) in [5, 5.41) is 0. The van der Waals surface area contributed by atoms with Gasteiger partial charge in [0.15, 0.2) is 0 Å². The first kappa shape index (κ1) is 12.2.